The molecule has 1 aromatic carbocycles. The normalized spacial score (nSPS) is 11.4. The van der Waals surface area contributed by atoms with Crippen molar-refractivity contribution in [2.24, 2.45) is 0 Å². The summed E-state index contributed by atoms with van der Waals surface area (Å²) < 4.78 is 0. The predicted octanol–water partition coefficient (Wildman–Crippen LogP) is 3.55. The molecule has 0 aliphatic heterocycles. The Hall–Kier alpha value is -1.55. The van der Waals surface area contributed by atoms with Crippen LogP contribution < -0.4 is 0 Å². The van der Waals surface area contributed by atoms with Crippen molar-refractivity contribution in [2.45, 2.75) is 20.3 Å². The van der Waals surface area contributed by atoms with Crippen molar-refractivity contribution in [2.75, 3.05) is 5.75 Å². The van der Waals surface area contributed by atoms with Crippen LogP contribution in [0.15, 0.2) is 24.3 Å². The average molecular weight is 260 g/mol. The number of carbonyl (C=O) groups is 1. The van der Waals surface area contributed by atoms with Crippen LogP contribution in [0.3, 0.4) is 0 Å². The highest BCUT2D eigenvalue weighted by Crippen LogP contribution is 2.17. The number of rotatable bonds is 4. The Morgan fingerprint density at radius 1 is 1.50 bits per heavy atom. The van der Waals surface area contributed by atoms with E-state index in [-0.39, 0.29) is 5.12 Å². The SMILES string of the molecule is CC(=O)SCCC=Cc1ccc2c(C)[nH]nc2c1. The van der Waals surface area contributed by atoms with Crippen LogP contribution >= 0.6 is 11.8 Å². The van der Waals surface area contributed by atoms with Crippen molar-refractivity contribution < 1.29 is 4.79 Å². The fraction of sp³-hybridized carbons (Fsp3) is 0.286. The van der Waals surface area contributed by atoms with Crippen molar-refractivity contribution in [1.29, 1.82) is 0 Å². The molecule has 4 heteroatoms. The maximum atomic E-state index is 10.8. The van der Waals surface area contributed by atoms with Crippen LogP contribution in [0.2, 0.25) is 0 Å². The van der Waals surface area contributed by atoms with E-state index in [0.29, 0.717) is 0 Å². The van der Waals surface area contributed by atoms with Crippen LogP contribution in [-0.4, -0.2) is 21.1 Å². The number of carbonyl (C=O) groups excluding carboxylic acids is 1. The van der Waals surface area contributed by atoms with Crippen LogP contribution in [0.5, 0.6) is 0 Å². The van der Waals surface area contributed by atoms with Crippen LogP contribution in [-0.2, 0) is 4.79 Å². The van der Waals surface area contributed by atoms with Crippen molar-refractivity contribution in [3.05, 3.63) is 35.5 Å². The number of hydrogen-bond acceptors (Lipinski definition) is 3. The maximum Gasteiger partial charge on any atom is 0.185 e. The highest BCUT2D eigenvalue weighted by atomic mass is 32.2. The molecule has 0 saturated carbocycles. The van der Waals surface area contributed by atoms with Crippen molar-refractivity contribution in [3.63, 3.8) is 0 Å². The van der Waals surface area contributed by atoms with Gasteiger partial charge in [-0.05, 0) is 25.0 Å². The Bertz CT molecular complexity index is 586. The Labute approximate surface area is 111 Å². The number of nitrogens with zero attached hydrogens (tertiary/aromatic N) is 1. The van der Waals surface area contributed by atoms with E-state index in [4.69, 9.17) is 0 Å². The number of benzene rings is 1. The smallest absolute Gasteiger partial charge is 0.185 e. The van der Waals surface area contributed by atoms with Gasteiger partial charge in [0, 0.05) is 23.8 Å². The first kappa shape index (κ1) is 12.9. The van der Waals surface area contributed by atoms with E-state index >= 15 is 0 Å². The molecule has 0 amide bonds. The lowest BCUT2D eigenvalue weighted by atomic mass is 10.1. The standard InChI is InChI=1S/C14H16N2OS/c1-10-13-7-6-12(9-14(13)16-15-10)5-3-4-8-18-11(2)17/h3,5-7,9H,4,8H2,1-2H3,(H,15,16). The van der Waals surface area contributed by atoms with E-state index in [1.807, 2.05) is 6.92 Å². The first-order valence-corrected chi connectivity index (χ1v) is 6.90. The van der Waals surface area contributed by atoms with Crippen LogP contribution in [0, 0.1) is 6.92 Å². The van der Waals surface area contributed by atoms with E-state index in [0.717, 1.165) is 28.9 Å². The van der Waals surface area contributed by atoms with E-state index in [2.05, 4.69) is 40.5 Å². The van der Waals surface area contributed by atoms with Gasteiger partial charge in [-0.15, -0.1) is 0 Å². The molecule has 2 aromatic rings. The van der Waals surface area contributed by atoms with Gasteiger partial charge in [0.15, 0.2) is 5.12 Å². The zero-order valence-corrected chi connectivity index (χ0v) is 11.4. The highest BCUT2D eigenvalue weighted by Gasteiger charge is 2.00. The summed E-state index contributed by atoms with van der Waals surface area (Å²) in [6.07, 6.45) is 5.07. The molecule has 18 heavy (non-hydrogen) atoms. The number of aromatic nitrogens is 2. The van der Waals surface area contributed by atoms with Gasteiger partial charge < -0.3 is 0 Å². The van der Waals surface area contributed by atoms with Crippen LogP contribution in [0.1, 0.15) is 24.6 Å². The lowest BCUT2D eigenvalue weighted by Crippen LogP contribution is -1.83. The molecular weight excluding hydrogens is 244 g/mol. The molecule has 3 nitrogen and oxygen atoms in total. The van der Waals surface area contributed by atoms with Gasteiger partial charge in [0.2, 0.25) is 0 Å². The minimum Gasteiger partial charge on any atom is -0.288 e. The second kappa shape index (κ2) is 5.87. The number of H-pyrrole nitrogens is 1. The molecule has 0 aliphatic carbocycles. The molecule has 0 aliphatic rings. The molecule has 1 aromatic heterocycles. The molecule has 0 atom stereocenters. The second-order valence-corrected chi connectivity index (χ2v) is 5.43. The average Bonchev–Trinajstić information content (AvgIpc) is 2.70. The summed E-state index contributed by atoms with van der Waals surface area (Å²) in [6, 6.07) is 6.23. The molecule has 0 saturated heterocycles. The monoisotopic (exact) mass is 260 g/mol. The number of allylic oxidation sites excluding steroid dienone is 1. The summed E-state index contributed by atoms with van der Waals surface area (Å²) in [6.45, 7) is 3.62. The molecule has 0 radical (unpaired) electrons. The van der Waals surface area contributed by atoms with E-state index < -0.39 is 0 Å². The number of thioether (sulfide) groups is 1. The van der Waals surface area contributed by atoms with Crippen molar-refractivity contribution in [3.8, 4) is 0 Å². The third kappa shape index (κ3) is 3.23. The van der Waals surface area contributed by atoms with Crippen molar-refractivity contribution >= 4 is 33.9 Å². The number of aryl methyl sites for hydroxylation is 1. The molecule has 0 unspecified atom stereocenters. The van der Waals surface area contributed by atoms with Gasteiger partial charge >= 0.3 is 0 Å². The summed E-state index contributed by atoms with van der Waals surface area (Å²) in [5, 5.41) is 8.56. The zero-order chi connectivity index (χ0) is 13.0. The lowest BCUT2D eigenvalue weighted by molar-refractivity contribution is -0.109. The largest absolute Gasteiger partial charge is 0.288 e. The van der Waals surface area contributed by atoms with Gasteiger partial charge in [-0.3, -0.25) is 9.89 Å². The molecule has 94 valence electrons. The highest BCUT2D eigenvalue weighted by molar-refractivity contribution is 8.13. The molecule has 2 rings (SSSR count). The van der Waals surface area contributed by atoms with Gasteiger partial charge in [-0.25, -0.2) is 0 Å². The van der Waals surface area contributed by atoms with Crippen LogP contribution in [0.25, 0.3) is 17.0 Å². The number of nitrogens with one attached hydrogen (secondary N) is 1. The summed E-state index contributed by atoms with van der Waals surface area (Å²) >= 11 is 1.36. The van der Waals surface area contributed by atoms with Crippen molar-refractivity contribution in [1.82, 2.24) is 10.2 Å². The minimum atomic E-state index is 0.178. The minimum absolute atomic E-state index is 0.178. The van der Waals surface area contributed by atoms with Crippen LogP contribution in [0.4, 0.5) is 0 Å². The topological polar surface area (TPSA) is 45.8 Å². The Balaban J connectivity index is 1.99. The summed E-state index contributed by atoms with van der Waals surface area (Å²) in [7, 11) is 0. The Morgan fingerprint density at radius 2 is 2.33 bits per heavy atom. The number of fused-ring (bicyclic) bond motifs is 1. The number of hydrogen-bond donors (Lipinski definition) is 1. The first-order chi connectivity index (χ1) is 8.66. The zero-order valence-electron chi connectivity index (χ0n) is 10.6. The predicted molar refractivity (Wildman–Crippen MR) is 77.6 cm³/mol. The van der Waals surface area contributed by atoms with E-state index in [9.17, 15) is 4.79 Å². The fourth-order valence-electron chi connectivity index (χ4n) is 1.76. The molecule has 1 heterocycles. The summed E-state index contributed by atoms with van der Waals surface area (Å²) in [5.41, 5.74) is 3.23. The van der Waals surface area contributed by atoms with E-state index in [1.54, 1.807) is 6.92 Å². The fourth-order valence-corrected chi connectivity index (χ4v) is 2.30. The van der Waals surface area contributed by atoms with Gasteiger partial charge in [0.05, 0.1) is 5.52 Å². The summed E-state index contributed by atoms with van der Waals surface area (Å²) in [4.78, 5) is 10.8. The Kier molecular flexibility index (Phi) is 4.20. The molecule has 0 spiro atoms. The molecule has 1 N–H and O–H groups in total. The quantitative estimate of drug-likeness (QED) is 0.855. The lowest BCUT2D eigenvalue weighted by Gasteiger charge is -1.95. The van der Waals surface area contributed by atoms with Gasteiger partial charge in [-0.1, -0.05) is 36.0 Å². The van der Waals surface area contributed by atoms with E-state index in [1.165, 1.54) is 17.1 Å². The maximum absolute atomic E-state index is 10.8. The van der Waals surface area contributed by atoms with Gasteiger partial charge in [0.25, 0.3) is 0 Å². The first-order valence-electron chi connectivity index (χ1n) is 5.91. The van der Waals surface area contributed by atoms with Gasteiger partial charge in [0.1, 0.15) is 0 Å². The molecule has 0 bridgehead atoms. The third-order valence-electron chi connectivity index (χ3n) is 2.67. The Morgan fingerprint density at radius 3 is 3.11 bits per heavy atom. The number of aromatic amines is 1. The van der Waals surface area contributed by atoms with Gasteiger partial charge in [-0.2, -0.15) is 5.10 Å². The second-order valence-electron chi connectivity index (χ2n) is 4.16. The summed E-state index contributed by atoms with van der Waals surface area (Å²) in [5.74, 6) is 0.843. The molecular formula is C14H16N2OS. The third-order valence-corrected chi connectivity index (χ3v) is 3.52. The molecule has 0 fully saturated rings.